The largest absolute Gasteiger partial charge is 0.368 e. The summed E-state index contributed by atoms with van der Waals surface area (Å²) < 4.78 is 15.8. The van der Waals surface area contributed by atoms with Crippen molar-refractivity contribution in [2.24, 2.45) is 5.41 Å². The van der Waals surface area contributed by atoms with Crippen LogP contribution >= 0.6 is 0 Å². The average molecular weight is 190 g/mol. The Kier molecular flexibility index (Phi) is 3.67. The number of ether oxygens (including phenoxy) is 3. The third-order valence-corrected chi connectivity index (χ3v) is 2.01. The molecule has 4 nitrogen and oxygen atoms in total. The minimum Gasteiger partial charge on any atom is -0.368 e. The van der Waals surface area contributed by atoms with Gasteiger partial charge in [-0.2, -0.15) is 0 Å². The van der Waals surface area contributed by atoms with E-state index in [1.54, 1.807) is 6.92 Å². The second kappa shape index (κ2) is 4.37. The van der Waals surface area contributed by atoms with Gasteiger partial charge in [-0.05, 0) is 13.8 Å². The molecule has 1 atom stereocenters. The third-order valence-electron chi connectivity index (χ3n) is 2.01. The first-order valence-corrected chi connectivity index (χ1v) is 4.55. The highest BCUT2D eigenvalue weighted by molar-refractivity contribution is 4.76. The standard InChI is InChI=1S/C9H18O4/c1-7(10)11-4-9(3)5-12-8(2)13-6-9/h7-8,10H,4-6H2,1-3H3. The van der Waals surface area contributed by atoms with Gasteiger partial charge in [-0.25, -0.2) is 0 Å². The summed E-state index contributed by atoms with van der Waals surface area (Å²) in [5.74, 6) is 0. The normalized spacial score (nSPS) is 37.4. The molecule has 78 valence electrons. The third kappa shape index (κ3) is 3.60. The van der Waals surface area contributed by atoms with Crippen LogP contribution in [0.1, 0.15) is 20.8 Å². The van der Waals surface area contributed by atoms with E-state index < -0.39 is 6.29 Å². The monoisotopic (exact) mass is 190 g/mol. The van der Waals surface area contributed by atoms with Crippen LogP contribution in [0.3, 0.4) is 0 Å². The van der Waals surface area contributed by atoms with E-state index in [2.05, 4.69) is 0 Å². The van der Waals surface area contributed by atoms with Crippen molar-refractivity contribution in [3.63, 3.8) is 0 Å². The van der Waals surface area contributed by atoms with Crippen molar-refractivity contribution in [1.29, 1.82) is 0 Å². The van der Waals surface area contributed by atoms with E-state index in [4.69, 9.17) is 19.3 Å². The minimum absolute atomic E-state index is 0.125. The van der Waals surface area contributed by atoms with E-state index in [9.17, 15) is 0 Å². The van der Waals surface area contributed by atoms with Crippen molar-refractivity contribution in [2.75, 3.05) is 19.8 Å². The highest BCUT2D eigenvalue weighted by atomic mass is 16.7. The summed E-state index contributed by atoms with van der Waals surface area (Å²) in [6.45, 7) is 7.16. The lowest BCUT2D eigenvalue weighted by atomic mass is 9.93. The summed E-state index contributed by atoms with van der Waals surface area (Å²) >= 11 is 0. The van der Waals surface area contributed by atoms with Crippen molar-refractivity contribution >= 4 is 0 Å². The molecular formula is C9H18O4. The molecule has 0 radical (unpaired) electrons. The van der Waals surface area contributed by atoms with Gasteiger partial charge in [-0.15, -0.1) is 0 Å². The molecule has 1 heterocycles. The number of aliphatic hydroxyl groups is 1. The lowest BCUT2D eigenvalue weighted by molar-refractivity contribution is -0.237. The van der Waals surface area contributed by atoms with Crippen LogP contribution in [0.4, 0.5) is 0 Å². The Morgan fingerprint density at radius 1 is 1.54 bits per heavy atom. The fourth-order valence-corrected chi connectivity index (χ4v) is 1.13. The van der Waals surface area contributed by atoms with Gasteiger partial charge in [0.25, 0.3) is 0 Å². The second-order valence-electron chi connectivity index (χ2n) is 3.91. The maximum absolute atomic E-state index is 8.95. The average Bonchev–Trinajstić information content (AvgIpc) is 2.08. The molecule has 0 bridgehead atoms. The molecule has 0 amide bonds. The highest BCUT2D eigenvalue weighted by Gasteiger charge is 2.31. The molecule has 0 spiro atoms. The SMILES string of the molecule is CC(O)OCC1(C)COC(C)OC1. The van der Waals surface area contributed by atoms with E-state index in [0.717, 1.165) is 0 Å². The van der Waals surface area contributed by atoms with Crippen LogP contribution in [0, 0.1) is 5.41 Å². The molecule has 0 aromatic carbocycles. The van der Waals surface area contributed by atoms with Crippen LogP contribution in [-0.2, 0) is 14.2 Å². The number of aliphatic hydroxyl groups excluding tert-OH is 1. The van der Waals surface area contributed by atoms with Gasteiger partial charge in [-0.3, -0.25) is 0 Å². The Bertz CT molecular complexity index is 150. The molecule has 0 saturated carbocycles. The van der Waals surface area contributed by atoms with Gasteiger partial charge in [-0.1, -0.05) is 6.92 Å². The Hall–Kier alpha value is -0.160. The Morgan fingerprint density at radius 2 is 2.08 bits per heavy atom. The number of hydrogen-bond donors (Lipinski definition) is 1. The van der Waals surface area contributed by atoms with Crippen LogP contribution < -0.4 is 0 Å². The molecule has 1 aliphatic rings. The van der Waals surface area contributed by atoms with Crippen LogP contribution in [0.15, 0.2) is 0 Å². The molecular weight excluding hydrogens is 172 g/mol. The quantitative estimate of drug-likeness (QED) is 0.667. The molecule has 0 aromatic heterocycles. The molecule has 0 aromatic rings. The Labute approximate surface area is 78.8 Å². The number of rotatable bonds is 3. The van der Waals surface area contributed by atoms with Gasteiger partial charge in [0.15, 0.2) is 12.6 Å². The van der Waals surface area contributed by atoms with E-state index >= 15 is 0 Å². The van der Waals surface area contributed by atoms with Crippen LogP contribution in [-0.4, -0.2) is 37.5 Å². The Morgan fingerprint density at radius 3 is 2.54 bits per heavy atom. The summed E-state index contributed by atoms with van der Waals surface area (Å²) in [4.78, 5) is 0. The van der Waals surface area contributed by atoms with Crippen molar-refractivity contribution < 1.29 is 19.3 Å². The van der Waals surface area contributed by atoms with Crippen LogP contribution in [0.2, 0.25) is 0 Å². The first-order valence-electron chi connectivity index (χ1n) is 4.55. The highest BCUT2D eigenvalue weighted by Crippen LogP contribution is 2.24. The van der Waals surface area contributed by atoms with E-state index in [0.29, 0.717) is 19.8 Å². The topological polar surface area (TPSA) is 47.9 Å². The zero-order valence-electron chi connectivity index (χ0n) is 8.45. The predicted molar refractivity (Wildman–Crippen MR) is 47.1 cm³/mol. The summed E-state index contributed by atoms with van der Waals surface area (Å²) in [6, 6.07) is 0. The fraction of sp³-hybridized carbons (Fsp3) is 1.00. The van der Waals surface area contributed by atoms with Gasteiger partial charge < -0.3 is 19.3 Å². The molecule has 1 unspecified atom stereocenters. The van der Waals surface area contributed by atoms with Gasteiger partial charge in [0.2, 0.25) is 0 Å². The summed E-state index contributed by atoms with van der Waals surface area (Å²) in [7, 11) is 0. The molecule has 1 fully saturated rings. The first-order chi connectivity index (χ1) is 6.02. The maximum Gasteiger partial charge on any atom is 0.154 e. The van der Waals surface area contributed by atoms with E-state index in [1.807, 2.05) is 13.8 Å². The summed E-state index contributed by atoms with van der Waals surface area (Å²) in [5, 5.41) is 8.95. The molecule has 1 rings (SSSR count). The van der Waals surface area contributed by atoms with E-state index in [1.165, 1.54) is 0 Å². The predicted octanol–water partition coefficient (Wildman–Crippen LogP) is 0.740. The van der Waals surface area contributed by atoms with Crippen molar-refractivity contribution in [3.8, 4) is 0 Å². The van der Waals surface area contributed by atoms with Gasteiger partial charge >= 0.3 is 0 Å². The smallest absolute Gasteiger partial charge is 0.154 e. The minimum atomic E-state index is -0.726. The second-order valence-corrected chi connectivity index (χ2v) is 3.91. The van der Waals surface area contributed by atoms with Gasteiger partial charge in [0.1, 0.15) is 0 Å². The molecule has 4 heteroatoms. The Balaban J connectivity index is 2.30. The van der Waals surface area contributed by atoms with Crippen LogP contribution in [0.5, 0.6) is 0 Å². The molecule has 13 heavy (non-hydrogen) atoms. The van der Waals surface area contributed by atoms with Crippen molar-refractivity contribution in [3.05, 3.63) is 0 Å². The number of hydrogen-bond acceptors (Lipinski definition) is 4. The van der Waals surface area contributed by atoms with Crippen LogP contribution in [0.25, 0.3) is 0 Å². The van der Waals surface area contributed by atoms with Crippen molar-refractivity contribution in [1.82, 2.24) is 0 Å². The molecule has 1 aliphatic heterocycles. The zero-order valence-corrected chi connectivity index (χ0v) is 8.45. The lowest BCUT2D eigenvalue weighted by Gasteiger charge is -2.36. The van der Waals surface area contributed by atoms with Gasteiger partial charge in [0, 0.05) is 5.41 Å². The lowest BCUT2D eigenvalue weighted by Crippen LogP contribution is -2.42. The van der Waals surface area contributed by atoms with E-state index in [-0.39, 0.29) is 11.7 Å². The van der Waals surface area contributed by atoms with Crippen molar-refractivity contribution in [2.45, 2.75) is 33.4 Å². The summed E-state index contributed by atoms with van der Waals surface area (Å²) in [5.41, 5.74) is -0.135. The van der Waals surface area contributed by atoms with Gasteiger partial charge in [0.05, 0.1) is 19.8 Å². The summed E-state index contributed by atoms with van der Waals surface area (Å²) in [6.07, 6.45) is -0.851. The molecule has 0 aliphatic carbocycles. The fourth-order valence-electron chi connectivity index (χ4n) is 1.13. The first kappa shape index (κ1) is 10.9. The zero-order chi connectivity index (χ0) is 9.90. The maximum atomic E-state index is 8.95. The molecule has 1 N–H and O–H groups in total. The molecule has 1 saturated heterocycles.